The zero-order valence-electron chi connectivity index (χ0n) is 6.38. The van der Waals surface area contributed by atoms with Gasteiger partial charge in [-0.3, -0.25) is 0 Å². The first-order chi connectivity index (χ1) is 5.41. The summed E-state index contributed by atoms with van der Waals surface area (Å²) in [5, 5.41) is 17.9. The largest absolute Gasteiger partial charge is 0.362 e. The predicted molar refractivity (Wildman–Crippen MR) is 38.1 cm³/mol. The van der Waals surface area contributed by atoms with Crippen molar-refractivity contribution in [1.29, 1.82) is 0 Å². The van der Waals surface area contributed by atoms with Gasteiger partial charge >= 0.3 is 0 Å². The van der Waals surface area contributed by atoms with E-state index in [1.807, 2.05) is 0 Å². The molecule has 1 aromatic carbocycles. The standard InChI is InChI=1S/C8H8F2O2/c1-8(11,12)6-3-2-5(9)4-7(6)10/h2-4,11-12H,1H3. The Morgan fingerprint density at radius 1 is 1.25 bits per heavy atom. The molecule has 0 bridgehead atoms. The summed E-state index contributed by atoms with van der Waals surface area (Å²) in [6.07, 6.45) is 0. The van der Waals surface area contributed by atoms with Crippen molar-refractivity contribution in [3.63, 3.8) is 0 Å². The summed E-state index contributed by atoms with van der Waals surface area (Å²) < 4.78 is 25.1. The van der Waals surface area contributed by atoms with Crippen molar-refractivity contribution in [2.45, 2.75) is 12.7 Å². The Labute approximate surface area is 68.1 Å². The fraction of sp³-hybridized carbons (Fsp3) is 0.250. The summed E-state index contributed by atoms with van der Waals surface area (Å²) in [4.78, 5) is 0. The molecule has 0 fully saturated rings. The average molecular weight is 174 g/mol. The quantitative estimate of drug-likeness (QED) is 0.626. The highest BCUT2D eigenvalue weighted by Crippen LogP contribution is 2.20. The van der Waals surface area contributed by atoms with Crippen molar-refractivity contribution in [2.75, 3.05) is 0 Å². The zero-order chi connectivity index (χ0) is 9.35. The normalized spacial score (nSPS) is 11.8. The molecular formula is C8H8F2O2. The van der Waals surface area contributed by atoms with Crippen LogP contribution in [0.1, 0.15) is 12.5 Å². The van der Waals surface area contributed by atoms with Crippen molar-refractivity contribution in [1.82, 2.24) is 0 Å². The number of aliphatic hydroxyl groups is 2. The molecule has 4 heteroatoms. The second-order valence-electron chi connectivity index (χ2n) is 2.64. The lowest BCUT2D eigenvalue weighted by Gasteiger charge is -2.16. The first kappa shape index (κ1) is 9.09. The van der Waals surface area contributed by atoms with Crippen molar-refractivity contribution in [3.8, 4) is 0 Å². The van der Waals surface area contributed by atoms with Crippen molar-refractivity contribution in [2.24, 2.45) is 0 Å². The Kier molecular flexibility index (Phi) is 2.12. The monoisotopic (exact) mass is 174 g/mol. The van der Waals surface area contributed by atoms with E-state index in [9.17, 15) is 8.78 Å². The van der Waals surface area contributed by atoms with E-state index >= 15 is 0 Å². The fourth-order valence-electron chi connectivity index (χ4n) is 0.874. The van der Waals surface area contributed by atoms with Gasteiger partial charge in [-0.25, -0.2) is 8.78 Å². The minimum Gasteiger partial charge on any atom is -0.362 e. The van der Waals surface area contributed by atoms with Crippen LogP contribution in [0, 0.1) is 11.6 Å². The SMILES string of the molecule is CC(O)(O)c1ccc(F)cc1F. The van der Waals surface area contributed by atoms with Crippen molar-refractivity contribution < 1.29 is 19.0 Å². The van der Waals surface area contributed by atoms with Gasteiger partial charge < -0.3 is 10.2 Å². The first-order valence-corrected chi connectivity index (χ1v) is 3.31. The molecule has 0 saturated heterocycles. The van der Waals surface area contributed by atoms with Gasteiger partial charge in [-0.15, -0.1) is 0 Å². The number of halogens is 2. The molecule has 0 amide bonds. The number of hydrogen-bond donors (Lipinski definition) is 2. The second-order valence-corrected chi connectivity index (χ2v) is 2.64. The highest BCUT2D eigenvalue weighted by molar-refractivity contribution is 5.21. The molecule has 0 radical (unpaired) electrons. The van der Waals surface area contributed by atoms with Crippen LogP contribution in [0.4, 0.5) is 8.78 Å². The molecule has 0 aromatic heterocycles. The van der Waals surface area contributed by atoms with E-state index in [-0.39, 0.29) is 5.56 Å². The molecule has 66 valence electrons. The second kappa shape index (κ2) is 2.80. The number of rotatable bonds is 1. The third-order valence-electron chi connectivity index (χ3n) is 1.44. The summed E-state index contributed by atoms with van der Waals surface area (Å²) in [6, 6.07) is 2.55. The minimum absolute atomic E-state index is 0.344. The van der Waals surface area contributed by atoms with Crippen molar-refractivity contribution >= 4 is 0 Å². The number of hydrogen-bond acceptors (Lipinski definition) is 2. The van der Waals surface area contributed by atoms with E-state index in [4.69, 9.17) is 10.2 Å². The molecule has 0 aliphatic heterocycles. The molecule has 1 aromatic rings. The lowest BCUT2D eigenvalue weighted by molar-refractivity contribution is -0.154. The highest BCUT2D eigenvalue weighted by Gasteiger charge is 2.22. The van der Waals surface area contributed by atoms with Gasteiger partial charge in [0.1, 0.15) is 11.6 Å². The maximum atomic E-state index is 12.8. The van der Waals surface area contributed by atoms with Crippen LogP contribution >= 0.6 is 0 Å². The zero-order valence-corrected chi connectivity index (χ0v) is 6.38. The van der Waals surface area contributed by atoms with Gasteiger partial charge in [0.05, 0.1) is 0 Å². The van der Waals surface area contributed by atoms with E-state index in [2.05, 4.69) is 0 Å². The lowest BCUT2D eigenvalue weighted by Crippen LogP contribution is -2.21. The van der Waals surface area contributed by atoms with Crippen LogP contribution < -0.4 is 0 Å². The summed E-state index contributed by atoms with van der Waals surface area (Å²) in [5.41, 5.74) is -0.344. The maximum absolute atomic E-state index is 12.8. The first-order valence-electron chi connectivity index (χ1n) is 3.31. The van der Waals surface area contributed by atoms with Crippen LogP contribution in [0.3, 0.4) is 0 Å². The Morgan fingerprint density at radius 3 is 2.25 bits per heavy atom. The van der Waals surface area contributed by atoms with E-state index in [0.29, 0.717) is 6.07 Å². The van der Waals surface area contributed by atoms with Gasteiger partial charge in [0.25, 0.3) is 0 Å². The summed E-state index contributed by atoms with van der Waals surface area (Å²) in [7, 11) is 0. The molecule has 2 nitrogen and oxygen atoms in total. The smallest absolute Gasteiger partial charge is 0.189 e. The Hall–Kier alpha value is -1.00. The molecule has 12 heavy (non-hydrogen) atoms. The Morgan fingerprint density at radius 2 is 1.83 bits per heavy atom. The molecule has 0 aliphatic rings. The van der Waals surface area contributed by atoms with Crippen LogP contribution in [0.2, 0.25) is 0 Å². The highest BCUT2D eigenvalue weighted by atomic mass is 19.1. The van der Waals surface area contributed by atoms with Crippen LogP contribution in [0.15, 0.2) is 18.2 Å². The summed E-state index contributed by atoms with van der Waals surface area (Å²) in [6.45, 7) is 1.00. The van der Waals surface area contributed by atoms with E-state index in [1.165, 1.54) is 0 Å². The number of benzene rings is 1. The molecule has 1 rings (SSSR count). The van der Waals surface area contributed by atoms with Gasteiger partial charge in [-0.1, -0.05) is 0 Å². The topological polar surface area (TPSA) is 40.5 Å². The fourth-order valence-corrected chi connectivity index (χ4v) is 0.874. The average Bonchev–Trinajstić information content (AvgIpc) is 1.83. The van der Waals surface area contributed by atoms with Crippen LogP contribution in [-0.4, -0.2) is 10.2 Å². The Bertz CT molecular complexity index is 292. The van der Waals surface area contributed by atoms with Crippen molar-refractivity contribution in [3.05, 3.63) is 35.4 Å². The summed E-state index contributed by atoms with van der Waals surface area (Å²) >= 11 is 0. The van der Waals surface area contributed by atoms with Gasteiger partial charge in [-0.05, 0) is 19.1 Å². The molecule has 0 aliphatic carbocycles. The third-order valence-corrected chi connectivity index (χ3v) is 1.44. The maximum Gasteiger partial charge on any atom is 0.189 e. The van der Waals surface area contributed by atoms with Crippen LogP contribution in [-0.2, 0) is 5.79 Å². The molecule has 0 atom stereocenters. The molecule has 2 N–H and O–H groups in total. The van der Waals surface area contributed by atoms with E-state index in [0.717, 1.165) is 19.1 Å². The lowest BCUT2D eigenvalue weighted by atomic mass is 10.1. The van der Waals surface area contributed by atoms with Gasteiger partial charge in [0, 0.05) is 11.6 Å². The molecular weight excluding hydrogens is 166 g/mol. The Balaban J connectivity index is 3.19. The molecule has 0 heterocycles. The van der Waals surface area contributed by atoms with E-state index < -0.39 is 17.4 Å². The third kappa shape index (κ3) is 1.78. The van der Waals surface area contributed by atoms with Gasteiger partial charge in [0.2, 0.25) is 0 Å². The summed E-state index contributed by atoms with van der Waals surface area (Å²) in [5.74, 6) is -3.99. The molecule has 0 spiro atoms. The molecule has 0 saturated carbocycles. The van der Waals surface area contributed by atoms with Gasteiger partial charge in [0.15, 0.2) is 5.79 Å². The van der Waals surface area contributed by atoms with E-state index in [1.54, 1.807) is 0 Å². The minimum atomic E-state index is -2.27. The van der Waals surface area contributed by atoms with Crippen LogP contribution in [0.25, 0.3) is 0 Å². The van der Waals surface area contributed by atoms with Gasteiger partial charge in [-0.2, -0.15) is 0 Å². The van der Waals surface area contributed by atoms with Crippen LogP contribution in [0.5, 0.6) is 0 Å². The predicted octanol–water partition coefficient (Wildman–Crippen LogP) is 1.12. The molecule has 0 unspecified atom stereocenters.